The quantitative estimate of drug-likeness (QED) is 0.873. The lowest BCUT2D eigenvalue weighted by Gasteiger charge is -2.16. The average molecular weight is 346 g/mol. The smallest absolute Gasteiger partial charge is 0.243 e. The van der Waals surface area contributed by atoms with Crippen LogP contribution in [0.1, 0.15) is 37.5 Å². The number of nitrogens with zero attached hydrogens (tertiary/aromatic N) is 3. The highest BCUT2D eigenvalue weighted by Gasteiger charge is 2.27. The Hall–Kier alpha value is -1.86. The molecule has 1 aliphatic carbocycles. The Kier molecular flexibility index (Phi) is 4.05. The monoisotopic (exact) mass is 346 g/mol. The number of aromatic nitrogens is 2. The second-order valence-electron chi connectivity index (χ2n) is 6.47. The van der Waals surface area contributed by atoms with Crippen LogP contribution in [-0.4, -0.2) is 35.4 Å². The van der Waals surface area contributed by atoms with E-state index in [1.54, 1.807) is 22.5 Å². The Morgan fingerprint density at radius 1 is 1.21 bits per heavy atom. The molecule has 1 saturated carbocycles. The molecule has 0 radical (unpaired) electrons. The number of imidazole rings is 1. The van der Waals surface area contributed by atoms with Crippen LogP contribution in [0.3, 0.4) is 0 Å². The molecule has 1 saturated heterocycles. The maximum absolute atomic E-state index is 12.7. The van der Waals surface area contributed by atoms with Gasteiger partial charge >= 0.3 is 0 Å². The fourth-order valence-corrected chi connectivity index (χ4v) is 4.75. The number of anilines is 1. The van der Waals surface area contributed by atoms with Crippen LogP contribution < -0.4 is 5.32 Å². The van der Waals surface area contributed by atoms with Crippen molar-refractivity contribution in [3.63, 3.8) is 0 Å². The molecule has 1 aromatic heterocycles. The van der Waals surface area contributed by atoms with Crippen LogP contribution in [-0.2, 0) is 16.6 Å². The molecule has 0 spiro atoms. The third kappa shape index (κ3) is 3.06. The molecule has 0 bridgehead atoms. The first-order valence-corrected chi connectivity index (χ1v) is 9.94. The lowest BCUT2D eigenvalue weighted by Crippen LogP contribution is -2.27. The topological polar surface area (TPSA) is 67.2 Å². The molecule has 7 heteroatoms. The molecular weight excluding hydrogens is 324 g/mol. The van der Waals surface area contributed by atoms with Gasteiger partial charge in [0.2, 0.25) is 10.0 Å². The summed E-state index contributed by atoms with van der Waals surface area (Å²) in [5, 5.41) is 3.31. The van der Waals surface area contributed by atoms with E-state index in [1.165, 1.54) is 12.8 Å². The molecule has 0 unspecified atom stereocenters. The van der Waals surface area contributed by atoms with E-state index >= 15 is 0 Å². The van der Waals surface area contributed by atoms with Gasteiger partial charge in [-0.3, -0.25) is 0 Å². The standard InChI is InChI=1S/C17H22N4O2S/c22-24(23,20-9-1-2-10-20)16-5-3-4-14(12-16)19-13-17-18-8-11-21(17)15-6-7-15/h3-5,8,11-12,15,19H,1-2,6-7,9-10,13H2. The Balaban J connectivity index is 1.49. The molecule has 4 rings (SSSR count). The summed E-state index contributed by atoms with van der Waals surface area (Å²) in [6.45, 7) is 1.84. The third-order valence-corrected chi connectivity index (χ3v) is 6.57. The van der Waals surface area contributed by atoms with Crippen LogP contribution in [0.2, 0.25) is 0 Å². The highest BCUT2D eigenvalue weighted by atomic mass is 32.2. The fraction of sp³-hybridized carbons (Fsp3) is 0.471. The highest BCUT2D eigenvalue weighted by Crippen LogP contribution is 2.35. The van der Waals surface area contributed by atoms with Crippen molar-refractivity contribution >= 4 is 15.7 Å². The Morgan fingerprint density at radius 2 is 2.00 bits per heavy atom. The van der Waals surface area contributed by atoms with E-state index in [9.17, 15) is 8.42 Å². The van der Waals surface area contributed by atoms with Gasteiger partial charge in [0.25, 0.3) is 0 Å². The number of nitrogens with one attached hydrogen (secondary N) is 1. The van der Waals surface area contributed by atoms with E-state index in [4.69, 9.17) is 0 Å². The molecular formula is C17H22N4O2S. The van der Waals surface area contributed by atoms with E-state index in [2.05, 4.69) is 14.9 Å². The molecule has 0 amide bonds. The van der Waals surface area contributed by atoms with Gasteiger partial charge in [-0.25, -0.2) is 13.4 Å². The molecule has 2 aromatic rings. The molecule has 1 N–H and O–H groups in total. The summed E-state index contributed by atoms with van der Waals surface area (Å²) in [6.07, 6.45) is 8.16. The van der Waals surface area contributed by atoms with Crippen LogP contribution in [0.25, 0.3) is 0 Å². The minimum absolute atomic E-state index is 0.361. The van der Waals surface area contributed by atoms with Crippen LogP contribution in [0.5, 0.6) is 0 Å². The van der Waals surface area contributed by atoms with Crippen molar-refractivity contribution in [2.75, 3.05) is 18.4 Å². The first kappa shape index (κ1) is 15.7. The van der Waals surface area contributed by atoms with Crippen molar-refractivity contribution in [1.82, 2.24) is 13.9 Å². The summed E-state index contributed by atoms with van der Waals surface area (Å²) in [6, 6.07) is 7.67. The van der Waals surface area contributed by atoms with E-state index in [0.29, 0.717) is 30.6 Å². The second-order valence-corrected chi connectivity index (χ2v) is 8.41. The summed E-state index contributed by atoms with van der Waals surface area (Å²) in [5.41, 5.74) is 0.806. The lowest BCUT2D eigenvalue weighted by atomic mass is 10.3. The number of hydrogen-bond donors (Lipinski definition) is 1. The van der Waals surface area contributed by atoms with Crippen LogP contribution in [0, 0.1) is 0 Å². The Morgan fingerprint density at radius 3 is 2.75 bits per heavy atom. The van der Waals surface area contributed by atoms with Gasteiger partial charge in [-0.2, -0.15) is 4.31 Å². The zero-order valence-electron chi connectivity index (χ0n) is 13.6. The molecule has 1 aromatic carbocycles. The first-order valence-electron chi connectivity index (χ1n) is 8.50. The predicted molar refractivity (Wildman–Crippen MR) is 92.3 cm³/mol. The summed E-state index contributed by atoms with van der Waals surface area (Å²) in [7, 11) is -3.37. The fourth-order valence-electron chi connectivity index (χ4n) is 3.19. The minimum Gasteiger partial charge on any atom is -0.378 e. The number of benzene rings is 1. The SMILES string of the molecule is O=S(=O)(c1cccc(NCc2nccn2C2CC2)c1)N1CCCC1. The maximum Gasteiger partial charge on any atom is 0.243 e. The maximum atomic E-state index is 12.7. The number of hydrogen-bond acceptors (Lipinski definition) is 4. The first-order chi connectivity index (χ1) is 11.6. The van der Waals surface area contributed by atoms with Gasteiger partial charge in [-0.15, -0.1) is 0 Å². The molecule has 1 aliphatic heterocycles. The van der Waals surface area contributed by atoms with E-state index in [0.717, 1.165) is 24.4 Å². The largest absolute Gasteiger partial charge is 0.378 e. The summed E-state index contributed by atoms with van der Waals surface area (Å²) >= 11 is 0. The van der Waals surface area contributed by atoms with E-state index in [1.807, 2.05) is 18.5 Å². The average Bonchev–Trinajstić information content (AvgIpc) is 3.10. The zero-order chi connectivity index (χ0) is 16.6. The molecule has 128 valence electrons. The summed E-state index contributed by atoms with van der Waals surface area (Å²) in [5.74, 6) is 0.991. The van der Waals surface area contributed by atoms with Gasteiger partial charge in [0.1, 0.15) is 5.82 Å². The van der Waals surface area contributed by atoms with Crippen molar-refractivity contribution in [2.45, 2.75) is 43.2 Å². The van der Waals surface area contributed by atoms with Gasteiger partial charge in [0.15, 0.2) is 0 Å². The molecule has 6 nitrogen and oxygen atoms in total. The zero-order valence-corrected chi connectivity index (χ0v) is 14.4. The summed E-state index contributed by atoms with van der Waals surface area (Å²) in [4.78, 5) is 4.76. The summed E-state index contributed by atoms with van der Waals surface area (Å²) < 4.78 is 29.1. The Bertz CT molecular complexity index is 821. The molecule has 2 heterocycles. The lowest BCUT2D eigenvalue weighted by molar-refractivity contribution is 0.477. The van der Waals surface area contributed by atoms with E-state index < -0.39 is 10.0 Å². The van der Waals surface area contributed by atoms with Crippen LogP contribution in [0.15, 0.2) is 41.6 Å². The van der Waals surface area contributed by atoms with Gasteiger partial charge < -0.3 is 9.88 Å². The molecule has 24 heavy (non-hydrogen) atoms. The van der Waals surface area contributed by atoms with Crippen LogP contribution in [0.4, 0.5) is 5.69 Å². The van der Waals surface area contributed by atoms with Gasteiger partial charge in [-0.05, 0) is 43.9 Å². The van der Waals surface area contributed by atoms with E-state index in [-0.39, 0.29) is 0 Å². The van der Waals surface area contributed by atoms with Crippen molar-refractivity contribution in [3.05, 3.63) is 42.5 Å². The van der Waals surface area contributed by atoms with Crippen molar-refractivity contribution in [1.29, 1.82) is 0 Å². The van der Waals surface area contributed by atoms with Crippen molar-refractivity contribution in [3.8, 4) is 0 Å². The van der Waals surface area contributed by atoms with Gasteiger partial charge in [-0.1, -0.05) is 6.07 Å². The normalized spacial score (nSPS) is 18.8. The predicted octanol–water partition coefficient (Wildman–Crippen LogP) is 2.61. The highest BCUT2D eigenvalue weighted by molar-refractivity contribution is 7.89. The van der Waals surface area contributed by atoms with Crippen LogP contribution >= 0.6 is 0 Å². The number of sulfonamides is 1. The molecule has 0 atom stereocenters. The van der Waals surface area contributed by atoms with Crippen molar-refractivity contribution < 1.29 is 8.42 Å². The molecule has 2 fully saturated rings. The number of rotatable bonds is 6. The second kappa shape index (κ2) is 6.22. The Labute approximate surface area is 142 Å². The van der Waals surface area contributed by atoms with Crippen molar-refractivity contribution in [2.24, 2.45) is 0 Å². The van der Waals surface area contributed by atoms with Gasteiger partial charge in [0, 0.05) is 37.2 Å². The van der Waals surface area contributed by atoms with Gasteiger partial charge in [0.05, 0.1) is 11.4 Å². The third-order valence-electron chi connectivity index (χ3n) is 4.68. The minimum atomic E-state index is -3.37. The molecule has 2 aliphatic rings.